The standard InChI is InChI=1S/C16H19NO5/c1-11-5-7-12(8-6-11)13(10-17(20)21)16(15(19)22-2)9-3-4-14(16)18/h5-8,13H,3-4,9-10H2,1-2H3/t13-,16+/m1/s1. The molecule has 0 radical (unpaired) electrons. The first-order valence-corrected chi connectivity index (χ1v) is 7.22. The van der Waals surface area contributed by atoms with Crippen molar-refractivity contribution in [2.24, 2.45) is 5.41 Å². The minimum Gasteiger partial charge on any atom is -0.468 e. The second-order valence-electron chi connectivity index (χ2n) is 5.72. The number of aryl methyl sites for hydroxylation is 1. The topological polar surface area (TPSA) is 86.5 Å². The lowest BCUT2D eigenvalue weighted by molar-refractivity contribution is -0.485. The van der Waals surface area contributed by atoms with E-state index in [9.17, 15) is 19.7 Å². The Bertz CT molecular complexity index is 595. The van der Waals surface area contributed by atoms with Gasteiger partial charge in [-0.3, -0.25) is 19.7 Å². The number of methoxy groups -OCH3 is 1. The number of nitrogens with zero attached hydrogens (tertiary/aromatic N) is 1. The van der Waals surface area contributed by atoms with Gasteiger partial charge in [0, 0.05) is 11.3 Å². The average molecular weight is 305 g/mol. The summed E-state index contributed by atoms with van der Waals surface area (Å²) in [5.74, 6) is -1.72. The van der Waals surface area contributed by atoms with Crippen molar-refractivity contribution in [2.45, 2.75) is 32.1 Å². The van der Waals surface area contributed by atoms with E-state index in [0.29, 0.717) is 18.4 Å². The molecule has 2 atom stereocenters. The van der Waals surface area contributed by atoms with Crippen molar-refractivity contribution in [1.29, 1.82) is 0 Å². The van der Waals surface area contributed by atoms with Crippen molar-refractivity contribution in [2.75, 3.05) is 13.7 Å². The van der Waals surface area contributed by atoms with E-state index in [1.54, 1.807) is 12.1 Å². The van der Waals surface area contributed by atoms with Gasteiger partial charge in [0.1, 0.15) is 5.41 Å². The summed E-state index contributed by atoms with van der Waals surface area (Å²) in [6.45, 7) is 1.44. The van der Waals surface area contributed by atoms with Crippen molar-refractivity contribution in [3.8, 4) is 0 Å². The van der Waals surface area contributed by atoms with Crippen LogP contribution in [-0.2, 0) is 14.3 Å². The first-order chi connectivity index (χ1) is 10.4. The molecule has 2 rings (SSSR count). The van der Waals surface area contributed by atoms with Crippen LogP contribution in [0.2, 0.25) is 0 Å². The SMILES string of the molecule is COC(=O)[C@]1([C@H](C[N+](=O)[O-])c2ccc(C)cc2)CCCC1=O. The molecular formula is C16H19NO5. The first-order valence-electron chi connectivity index (χ1n) is 7.22. The van der Waals surface area contributed by atoms with E-state index in [2.05, 4.69) is 0 Å². The number of ether oxygens (including phenoxy) is 1. The molecule has 1 saturated carbocycles. The van der Waals surface area contributed by atoms with Crippen molar-refractivity contribution < 1.29 is 19.2 Å². The molecule has 1 fully saturated rings. The van der Waals surface area contributed by atoms with Crippen LogP contribution in [0.1, 0.15) is 36.3 Å². The summed E-state index contributed by atoms with van der Waals surface area (Å²) < 4.78 is 4.83. The molecule has 1 aliphatic carbocycles. The highest BCUT2D eigenvalue weighted by atomic mass is 16.6. The van der Waals surface area contributed by atoms with Crippen molar-refractivity contribution in [3.05, 3.63) is 45.5 Å². The number of rotatable bonds is 5. The lowest BCUT2D eigenvalue weighted by Gasteiger charge is -2.31. The molecule has 0 aliphatic heterocycles. The van der Waals surface area contributed by atoms with Gasteiger partial charge in [0.2, 0.25) is 6.54 Å². The van der Waals surface area contributed by atoms with E-state index in [-0.39, 0.29) is 12.2 Å². The van der Waals surface area contributed by atoms with Gasteiger partial charge in [-0.2, -0.15) is 0 Å². The van der Waals surface area contributed by atoms with Gasteiger partial charge < -0.3 is 4.74 Å². The Morgan fingerprint density at radius 2 is 2.05 bits per heavy atom. The van der Waals surface area contributed by atoms with E-state index in [1.165, 1.54) is 7.11 Å². The Kier molecular flexibility index (Phi) is 4.59. The maximum absolute atomic E-state index is 12.4. The molecule has 1 aromatic carbocycles. The summed E-state index contributed by atoms with van der Waals surface area (Å²) in [6.07, 6.45) is 1.11. The van der Waals surface area contributed by atoms with Crippen LogP contribution in [0.25, 0.3) is 0 Å². The van der Waals surface area contributed by atoms with E-state index >= 15 is 0 Å². The number of esters is 1. The Morgan fingerprint density at radius 1 is 1.41 bits per heavy atom. The number of nitro groups is 1. The summed E-state index contributed by atoms with van der Waals surface area (Å²) in [5, 5.41) is 11.1. The zero-order valence-electron chi connectivity index (χ0n) is 12.7. The predicted octanol–water partition coefficient (Wildman–Crippen LogP) is 2.27. The molecule has 0 aromatic heterocycles. The Balaban J connectivity index is 2.54. The van der Waals surface area contributed by atoms with Crippen LogP contribution in [0, 0.1) is 22.5 Å². The van der Waals surface area contributed by atoms with Gasteiger partial charge in [-0.15, -0.1) is 0 Å². The summed E-state index contributed by atoms with van der Waals surface area (Å²) >= 11 is 0. The van der Waals surface area contributed by atoms with Crippen molar-refractivity contribution in [1.82, 2.24) is 0 Å². The summed E-state index contributed by atoms with van der Waals surface area (Å²) in [7, 11) is 1.22. The third kappa shape index (κ3) is 2.73. The number of carbonyl (C=O) groups excluding carboxylic acids is 2. The van der Waals surface area contributed by atoms with Gasteiger partial charge in [-0.05, 0) is 25.3 Å². The zero-order valence-corrected chi connectivity index (χ0v) is 12.7. The molecule has 6 nitrogen and oxygen atoms in total. The minimum absolute atomic E-state index is 0.258. The second kappa shape index (κ2) is 6.25. The van der Waals surface area contributed by atoms with E-state index in [4.69, 9.17) is 4.74 Å². The number of ketones is 1. The van der Waals surface area contributed by atoms with Gasteiger partial charge in [-0.1, -0.05) is 29.8 Å². The maximum atomic E-state index is 12.4. The molecule has 0 unspecified atom stereocenters. The molecule has 1 aromatic rings. The third-order valence-electron chi connectivity index (χ3n) is 4.43. The van der Waals surface area contributed by atoms with Crippen molar-refractivity contribution in [3.63, 3.8) is 0 Å². The van der Waals surface area contributed by atoms with Crippen molar-refractivity contribution >= 4 is 11.8 Å². The molecule has 22 heavy (non-hydrogen) atoms. The highest BCUT2D eigenvalue weighted by Gasteiger charge is 2.57. The highest BCUT2D eigenvalue weighted by Crippen LogP contribution is 2.47. The van der Waals surface area contributed by atoms with Gasteiger partial charge in [0.05, 0.1) is 13.0 Å². The van der Waals surface area contributed by atoms with Gasteiger partial charge in [0.15, 0.2) is 5.78 Å². The molecule has 118 valence electrons. The van der Waals surface area contributed by atoms with Crippen LogP contribution in [0.5, 0.6) is 0 Å². The number of benzene rings is 1. The summed E-state index contributed by atoms with van der Waals surface area (Å²) in [5.41, 5.74) is 0.202. The quantitative estimate of drug-likeness (QED) is 0.360. The lowest BCUT2D eigenvalue weighted by atomic mass is 9.69. The molecule has 0 bridgehead atoms. The molecular weight excluding hydrogens is 286 g/mol. The fraction of sp³-hybridized carbons (Fsp3) is 0.500. The molecule has 1 aliphatic rings. The summed E-state index contributed by atoms with van der Waals surface area (Å²) in [4.78, 5) is 35.4. The van der Waals surface area contributed by atoms with E-state index < -0.39 is 28.8 Å². The number of carbonyl (C=O) groups is 2. The average Bonchev–Trinajstić information content (AvgIpc) is 2.87. The summed E-state index contributed by atoms with van der Waals surface area (Å²) in [6, 6.07) is 7.15. The number of Topliss-reactive ketones (excluding diaryl/α,β-unsaturated/α-hetero) is 1. The normalized spacial score (nSPS) is 22.4. The largest absolute Gasteiger partial charge is 0.468 e. The second-order valence-corrected chi connectivity index (χ2v) is 5.72. The van der Waals surface area contributed by atoms with Gasteiger partial charge in [0.25, 0.3) is 0 Å². The molecule has 6 heteroatoms. The minimum atomic E-state index is -1.43. The Labute approximate surface area is 128 Å². The van der Waals surface area contributed by atoms with Gasteiger partial charge >= 0.3 is 5.97 Å². The Hall–Kier alpha value is -2.24. The predicted molar refractivity (Wildman–Crippen MR) is 79.1 cm³/mol. The Morgan fingerprint density at radius 3 is 2.50 bits per heavy atom. The van der Waals surface area contributed by atoms with Gasteiger partial charge in [-0.25, -0.2) is 0 Å². The van der Waals surface area contributed by atoms with E-state index in [1.807, 2.05) is 19.1 Å². The maximum Gasteiger partial charge on any atom is 0.320 e. The fourth-order valence-corrected chi connectivity index (χ4v) is 3.29. The van der Waals surface area contributed by atoms with Crippen LogP contribution in [0.4, 0.5) is 0 Å². The molecule has 0 N–H and O–H groups in total. The lowest BCUT2D eigenvalue weighted by Crippen LogP contribution is -2.44. The molecule has 0 heterocycles. The highest BCUT2D eigenvalue weighted by molar-refractivity contribution is 6.06. The van der Waals surface area contributed by atoms with Crippen LogP contribution < -0.4 is 0 Å². The third-order valence-corrected chi connectivity index (χ3v) is 4.43. The number of hydrogen-bond donors (Lipinski definition) is 0. The monoisotopic (exact) mass is 305 g/mol. The van der Waals surface area contributed by atoms with Crippen LogP contribution in [-0.4, -0.2) is 30.3 Å². The first kappa shape index (κ1) is 16.1. The smallest absolute Gasteiger partial charge is 0.320 e. The zero-order chi connectivity index (χ0) is 16.3. The molecule has 0 saturated heterocycles. The van der Waals surface area contributed by atoms with Crippen LogP contribution >= 0.6 is 0 Å². The molecule has 0 amide bonds. The van der Waals surface area contributed by atoms with E-state index in [0.717, 1.165) is 5.56 Å². The number of hydrogen-bond acceptors (Lipinski definition) is 5. The van der Waals surface area contributed by atoms with Crippen LogP contribution in [0.15, 0.2) is 24.3 Å². The van der Waals surface area contributed by atoms with Crippen LogP contribution in [0.3, 0.4) is 0 Å². The molecule has 0 spiro atoms. The fourth-order valence-electron chi connectivity index (χ4n) is 3.29.